The lowest BCUT2D eigenvalue weighted by molar-refractivity contribution is 0.262. The second-order valence-corrected chi connectivity index (χ2v) is 5.60. The molecule has 2 aromatic carbocycles. The largest absolute Gasteiger partial charge is 0.456 e. The summed E-state index contributed by atoms with van der Waals surface area (Å²) in [5.41, 5.74) is 2.72. The normalized spacial score (nSPS) is 11.1. The van der Waals surface area contributed by atoms with Crippen LogP contribution in [0.15, 0.2) is 59.3 Å². The first-order valence-electron chi connectivity index (χ1n) is 7.85. The van der Waals surface area contributed by atoms with Gasteiger partial charge < -0.3 is 20.2 Å². The molecule has 2 heterocycles. The maximum atomic E-state index is 12.1. The van der Waals surface area contributed by atoms with E-state index >= 15 is 0 Å². The highest BCUT2D eigenvalue weighted by molar-refractivity contribution is 6.07. The second-order valence-electron chi connectivity index (χ2n) is 5.60. The molecule has 0 unspecified atom stereocenters. The Bertz CT molecular complexity index is 1050. The molecule has 0 bridgehead atoms. The van der Waals surface area contributed by atoms with Gasteiger partial charge in [-0.3, -0.25) is 4.68 Å². The van der Waals surface area contributed by atoms with Gasteiger partial charge in [-0.05, 0) is 18.2 Å². The van der Waals surface area contributed by atoms with Crippen LogP contribution in [-0.4, -0.2) is 27.5 Å². The number of fused-ring (bicyclic) bond motifs is 3. The van der Waals surface area contributed by atoms with Crippen LogP contribution in [0.4, 0.5) is 16.2 Å². The van der Waals surface area contributed by atoms with E-state index in [0.717, 1.165) is 21.9 Å². The molecule has 4 rings (SSSR count). The molecule has 25 heavy (non-hydrogen) atoms. The summed E-state index contributed by atoms with van der Waals surface area (Å²) in [4.78, 5) is 12.1. The van der Waals surface area contributed by atoms with Crippen LogP contribution in [0.1, 0.15) is 0 Å². The van der Waals surface area contributed by atoms with Crippen molar-refractivity contribution in [2.75, 3.05) is 17.2 Å². The molecular formula is C18H16N4O3. The van der Waals surface area contributed by atoms with Crippen LogP contribution in [0.2, 0.25) is 0 Å². The summed E-state index contributed by atoms with van der Waals surface area (Å²) in [5.74, 6) is 0. The number of para-hydroxylation sites is 1. The molecule has 2 amide bonds. The van der Waals surface area contributed by atoms with Crippen molar-refractivity contribution in [2.24, 2.45) is 0 Å². The number of nitrogens with zero attached hydrogens (tertiary/aromatic N) is 2. The quantitative estimate of drug-likeness (QED) is 0.532. The Hall–Kier alpha value is -3.32. The topological polar surface area (TPSA) is 92.3 Å². The number of urea groups is 1. The average molecular weight is 336 g/mol. The minimum absolute atomic E-state index is 0.00910. The third kappa shape index (κ3) is 3.05. The summed E-state index contributed by atoms with van der Waals surface area (Å²) < 4.78 is 7.37. The fourth-order valence-corrected chi connectivity index (χ4v) is 2.75. The van der Waals surface area contributed by atoms with Gasteiger partial charge in [0.05, 0.1) is 25.0 Å². The van der Waals surface area contributed by atoms with E-state index in [9.17, 15) is 4.79 Å². The Morgan fingerprint density at radius 2 is 1.88 bits per heavy atom. The Morgan fingerprint density at radius 1 is 1.08 bits per heavy atom. The van der Waals surface area contributed by atoms with Gasteiger partial charge in [-0.15, -0.1) is 0 Å². The first-order valence-corrected chi connectivity index (χ1v) is 7.85. The number of hydrogen-bond acceptors (Lipinski definition) is 4. The second kappa shape index (κ2) is 6.29. The summed E-state index contributed by atoms with van der Waals surface area (Å²) in [7, 11) is 0. The van der Waals surface area contributed by atoms with Gasteiger partial charge in [-0.25, -0.2) is 4.79 Å². The van der Waals surface area contributed by atoms with Crippen molar-refractivity contribution in [1.82, 2.24) is 9.78 Å². The van der Waals surface area contributed by atoms with Crippen LogP contribution in [0.3, 0.4) is 0 Å². The van der Waals surface area contributed by atoms with Crippen LogP contribution in [0.5, 0.6) is 0 Å². The highest BCUT2D eigenvalue weighted by atomic mass is 16.3. The van der Waals surface area contributed by atoms with E-state index in [-0.39, 0.29) is 12.6 Å². The number of aliphatic hydroxyl groups excluding tert-OH is 1. The fourth-order valence-electron chi connectivity index (χ4n) is 2.75. The molecule has 7 heteroatoms. The third-order valence-electron chi connectivity index (χ3n) is 3.86. The van der Waals surface area contributed by atoms with Crippen molar-refractivity contribution >= 4 is 39.3 Å². The number of benzene rings is 2. The molecule has 3 N–H and O–H groups in total. The smallest absolute Gasteiger partial charge is 0.323 e. The van der Waals surface area contributed by atoms with E-state index in [1.807, 2.05) is 36.4 Å². The first-order chi connectivity index (χ1) is 12.2. The lowest BCUT2D eigenvalue weighted by Crippen LogP contribution is -2.19. The van der Waals surface area contributed by atoms with Crippen LogP contribution in [0, 0.1) is 0 Å². The maximum Gasteiger partial charge on any atom is 0.323 e. The number of anilines is 2. The maximum absolute atomic E-state index is 12.1. The average Bonchev–Trinajstić information content (AvgIpc) is 3.18. The Kier molecular flexibility index (Phi) is 3.83. The van der Waals surface area contributed by atoms with E-state index in [2.05, 4.69) is 15.7 Å². The van der Waals surface area contributed by atoms with Gasteiger partial charge in [-0.2, -0.15) is 5.10 Å². The van der Waals surface area contributed by atoms with Crippen molar-refractivity contribution in [3.8, 4) is 0 Å². The van der Waals surface area contributed by atoms with Gasteiger partial charge >= 0.3 is 6.03 Å². The van der Waals surface area contributed by atoms with Crippen LogP contribution in [-0.2, 0) is 6.54 Å². The first kappa shape index (κ1) is 15.2. The van der Waals surface area contributed by atoms with Crippen molar-refractivity contribution in [3.63, 3.8) is 0 Å². The number of carbonyl (C=O) groups excluding carboxylic acids is 1. The van der Waals surface area contributed by atoms with Gasteiger partial charge in [-0.1, -0.05) is 18.2 Å². The Morgan fingerprint density at radius 3 is 2.76 bits per heavy atom. The molecule has 0 radical (unpaired) electrons. The molecular weight excluding hydrogens is 320 g/mol. The zero-order valence-electron chi connectivity index (χ0n) is 13.3. The summed E-state index contributed by atoms with van der Waals surface area (Å²) in [6.07, 6.45) is 3.18. The fraction of sp³-hybridized carbons (Fsp3) is 0.111. The van der Waals surface area contributed by atoms with Crippen LogP contribution < -0.4 is 10.6 Å². The molecule has 0 saturated carbocycles. The molecule has 0 atom stereocenters. The SMILES string of the molecule is O=C(Nc1ccc2c(c1)oc1ccccc12)Nc1cnn(CCO)c1. The van der Waals surface area contributed by atoms with Gasteiger partial charge in [0.25, 0.3) is 0 Å². The van der Waals surface area contributed by atoms with Gasteiger partial charge in [0.2, 0.25) is 0 Å². The predicted octanol–water partition coefficient (Wildman–Crippen LogP) is 3.42. The number of aromatic nitrogens is 2. The highest BCUT2D eigenvalue weighted by Crippen LogP contribution is 2.30. The molecule has 7 nitrogen and oxygen atoms in total. The summed E-state index contributed by atoms with van der Waals surface area (Å²) >= 11 is 0. The summed E-state index contributed by atoms with van der Waals surface area (Å²) in [6.45, 7) is 0.372. The van der Waals surface area contributed by atoms with Crippen molar-refractivity contribution in [2.45, 2.75) is 6.54 Å². The molecule has 2 aromatic heterocycles. The Balaban J connectivity index is 1.51. The zero-order valence-corrected chi connectivity index (χ0v) is 13.3. The minimum atomic E-state index is -0.376. The standard InChI is InChI=1S/C18H16N4O3/c23-8-7-22-11-13(10-19-22)21-18(24)20-12-5-6-15-14-3-1-2-4-16(14)25-17(15)9-12/h1-6,9-11,23H,7-8H2,(H2,20,21,24). The van der Waals surface area contributed by atoms with Gasteiger partial charge in [0.1, 0.15) is 11.2 Å². The van der Waals surface area contributed by atoms with E-state index in [1.54, 1.807) is 16.9 Å². The lowest BCUT2D eigenvalue weighted by atomic mass is 10.1. The van der Waals surface area contributed by atoms with Crippen molar-refractivity contribution in [3.05, 3.63) is 54.9 Å². The van der Waals surface area contributed by atoms with Crippen molar-refractivity contribution < 1.29 is 14.3 Å². The predicted molar refractivity (Wildman–Crippen MR) is 95.7 cm³/mol. The molecule has 0 aliphatic rings. The minimum Gasteiger partial charge on any atom is -0.456 e. The number of rotatable bonds is 4. The van der Waals surface area contributed by atoms with Gasteiger partial charge in [0.15, 0.2) is 0 Å². The molecule has 0 spiro atoms. The number of carbonyl (C=O) groups is 1. The number of aliphatic hydroxyl groups is 1. The van der Waals surface area contributed by atoms with Crippen molar-refractivity contribution in [1.29, 1.82) is 0 Å². The zero-order chi connectivity index (χ0) is 17.2. The number of furan rings is 1. The molecule has 4 aromatic rings. The van der Waals surface area contributed by atoms with Crippen LogP contribution in [0.25, 0.3) is 21.9 Å². The number of hydrogen-bond donors (Lipinski definition) is 3. The summed E-state index contributed by atoms with van der Waals surface area (Å²) in [5, 5.41) is 20.4. The molecule has 0 aliphatic carbocycles. The number of amides is 2. The van der Waals surface area contributed by atoms with Gasteiger partial charge in [0, 0.05) is 28.7 Å². The van der Waals surface area contributed by atoms with E-state index < -0.39 is 0 Å². The molecule has 126 valence electrons. The molecule has 0 fully saturated rings. The summed E-state index contributed by atoms with van der Waals surface area (Å²) in [6, 6.07) is 13.0. The number of nitrogens with one attached hydrogen (secondary N) is 2. The van der Waals surface area contributed by atoms with Crippen LogP contribution >= 0.6 is 0 Å². The van der Waals surface area contributed by atoms with E-state index in [0.29, 0.717) is 17.9 Å². The Labute approximate surface area is 142 Å². The third-order valence-corrected chi connectivity index (χ3v) is 3.86. The van der Waals surface area contributed by atoms with E-state index in [1.165, 1.54) is 6.20 Å². The van der Waals surface area contributed by atoms with E-state index in [4.69, 9.17) is 9.52 Å². The monoisotopic (exact) mass is 336 g/mol. The molecule has 0 saturated heterocycles. The highest BCUT2D eigenvalue weighted by Gasteiger charge is 2.09. The lowest BCUT2D eigenvalue weighted by Gasteiger charge is -2.05. The molecule has 0 aliphatic heterocycles.